The van der Waals surface area contributed by atoms with E-state index < -0.39 is 0 Å². The lowest BCUT2D eigenvalue weighted by Crippen LogP contribution is -1.70. The minimum atomic E-state index is 1.22. The fraction of sp³-hybridized carbons (Fsp3) is 0.111. The number of aromatic nitrogens is 1. The second-order valence-corrected chi connectivity index (χ2v) is 3.93. The van der Waals surface area contributed by atoms with Crippen molar-refractivity contribution in [3.8, 4) is 0 Å². The van der Waals surface area contributed by atoms with Crippen LogP contribution in [0.1, 0.15) is 5.69 Å². The number of rotatable bonds is 0. The molecule has 1 N–H and O–H groups in total. The first-order chi connectivity index (χ1) is 5.25. The maximum atomic E-state index is 3.29. The van der Waals surface area contributed by atoms with Crippen LogP contribution >= 0.6 is 22.6 Å². The van der Waals surface area contributed by atoms with Crippen LogP contribution in [-0.2, 0) is 0 Å². The summed E-state index contributed by atoms with van der Waals surface area (Å²) in [7, 11) is 0. The van der Waals surface area contributed by atoms with Crippen LogP contribution in [-0.4, -0.2) is 4.98 Å². The molecule has 1 aromatic carbocycles. The molecule has 0 bridgehead atoms. The van der Waals surface area contributed by atoms with E-state index in [2.05, 4.69) is 58.8 Å². The zero-order chi connectivity index (χ0) is 7.84. The number of hydrogen-bond acceptors (Lipinski definition) is 0. The Hall–Kier alpha value is -0.510. The molecule has 0 saturated heterocycles. The third kappa shape index (κ3) is 1.27. The largest absolute Gasteiger partial charge is 0.359 e. The third-order valence-electron chi connectivity index (χ3n) is 1.72. The van der Waals surface area contributed by atoms with Crippen molar-refractivity contribution >= 4 is 33.5 Å². The standard InChI is InChI=1S/C9H8IN/c1-6-4-7-2-3-8(10)5-9(7)11-6/h2-5,11H,1H3. The SMILES string of the molecule is Cc1cc2ccc(I)cc2[nH]1. The predicted octanol–water partition coefficient (Wildman–Crippen LogP) is 3.08. The molecule has 2 rings (SSSR count). The Morgan fingerprint density at radius 2 is 2.09 bits per heavy atom. The maximum Gasteiger partial charge on any atom is 0.0466 e. The van der Waals surface area contributed by atoms with Crippen molar-refractivity contribution in [3.63, 3.8) is 0 Å². The van der Waals surface area contributed by atoms with E-state index in [9.17, 15) is 0 Å². The Bertz CT molecular complexity index is 389. The zero-order valence-electron chi connectivity index (χ0n) is 6.19. The molecule has 0 aliphatic carbocycles. The number of aryl methyl sites for hydroxylation is 1. The van der Waals surface area contributed by atoms with Crippen molar-refractivity contribution < 1.29 is 0 Å². The quantitative estimate of drug-likeness (QED) is 0.698. The summed E-state index contributed by atoms with van der Waals surface area (Å²) in [6, 6.07) is 8.57. The molecule has 1 nitrogen and oxygen atoms in total. The van der Waals surface area contributed by atoms with Gasteiger partial charge in [-0.1, -0.05) is 6.07 Å². The summed E-state index contributed by atoms with van der Waals surface area (Å²) in [5, 5.41) is 1.29. The number of halogens is 1. The van der Waals surface area contributed by atoms with Gasteiger partial charge in [0.2, 0.25) is 0 Å². The number of nitrogens with one attached hydrogen (secondary N) is 1. The van der Waals surface area contributed by atoms with Crippen LogP contribution < -0.4 is 0 Å². The lowest BCUT2D eigenvalue weighted by Gasteiger charge is -1.89. The molecular formula is C9H8IN. The lowest BCUT2D eigenvalue weighted by molar-refractivity contribution is 1.30. The molecule has 0 spiro atoms. The van der Waals surface area contributed by atoms with Crippen molar-refractivity contribution in [2.45, 2.75) is 6.92 Å². The average molecular weight is 257 g/mol. The summed E-state index contributed by atoms with van der Waals surface area (Å²) in [4.78, 5) is 3.29. The predicted molar refractivity (Wildman–Crippen MR) is 55.8 cm³/mol. The van der Waals surface area contributed by atoms with E-state index in [0.29, 0.717) is 0 Å². The Kier molecular flexibility index (Phi) is 1.64. The summed E-state index contributed by atoms with van der Waals surface area (Å²) in [6.07, 6.45) is 0. The first-order valence-electron chi connectivity index (χ1n) is 3.50. The van der Waals surface area contributed by atoms with Crippen molar-refractivity contribution in [1.29, 1.82) is 0 Å². The number of aromatic amines is 1. The highest BCUT2D eigenvalue weighted by atomic mass is 127. The summed E-state index contributed by atoms with van der Waals surface area (Å²) in [5.41, 5.74) is 2.46. The van der Waals surface area contributed by atoms with Gasteiger partial charge in [0.05, 0.1) is 0 Å². The first kappa shape index (κ1) is 7.16. The van der Waals surface area contributed by atoms with Gasteiger partial charge in [0.25, 0.3) is 0 Å². The highest BCUT2D eigenvalue weighted by molar-refractivity contribution is 14.1. The molecule has 0 unspecified atom stereocenters. The molecule has 0 atom stereocenters. The third-order valence-corrected chi connectivity index (χ3v) is 2.39. The van der Waals surface area contributed by atoms with Gasteiger partial charge in [-0.3, -0.25) is 0 Å². The zero-order valence-corrected chi connectivity index (χ0v) is 8.34. The van der Waals surface area contributed by atoms with Crippen molar-refractivity contribution in [2.24, 2.45) is 0 Å². The van der Waals surface area contributed by atoms with Gasteiger partial charge < -0.3 is 4.98 Å². The lowest BCUT2D eigenvalue weighted by atomic mass is 10.2. The molecule has 56 valence electrons. The van der Waals surface area contributed by atoms with Crippen LogP contribution in [0.2, 0.25) is 0 Å². The Balaban J connectivity index is 2.82. The van der Waals surface area contributed by atoms with E-state index in [4.69, 9.17) is 0 Å². The highest BCUT2D eigenvalue weighted by Gasteiger charge is 1.95. The fourth-order valence-corrected chi connectivity index (χ4v) is 1.74. The first-order valence-corrected chi connectivity index (χ1v) is 4.58. The summed E-state index contributed by atoms with van der Waals surface area (Å²) >= 11 is 2.32. The van der Waals surface area contributed by atoms with Gasteiger partial charge in [-0.2, -0.15) is 0 Å². The average Bonchev–Trinajstić information content (AvgIpc) is 2.27. The monoisotopic (exact) mass is 257 g/mol. The topological polar surface area (TPSA) is 15.8 Å². The van der Waals surface area contributed by atoms with Crippen LogP contribution in [0.4, 0.5) is 0 Å². The van der Waals surface area contributed by atoms with E-state index >= 15 is 0 Å². The summed E-state index contributed by atoms with van der Waals surface area (Å²) < 4.78 is 1.27. The van der Waals surface area contributed by atoms with Gasteiger partial charge in [0, 0.05) is 14.8 Å². The van der Waals surface area contributed by atoms with Gasteiger partial charge in [-0.05, 0) is 53.1 Å². The molecule has 0 aliphatic heterocycles. The number of hydrogen-bond donors (Lipinski definition) is 1. The molecule has 2 heteroatoms. The van der Waals surface area contributed by atoms with E-state index in [1.165, 1.54) is 20.2 Å². The maximum absolute atomic E-state index is 3.29. The summed E-state index contributed by atoms with van der Waals surface area (Å²) in [6.45, 7) is 2.08. The molecule has 0 saturated carbocycles. The Morgan fingerprint density at radius 1 is 1.27 bits per heavy atom. The van der Waals surface area contributed by atoms with Gasteiger partial charge in [0.15, 0.2) is 0 Å². The summed E-state index contributed by atoms with van der Waals surface area (Å²) in [5.74, 6) is 0. The van der Waals surface area contributed by atoms with Gasteiger partial charge in [-0.15, -0.1) is 0 Å². The van der Waals surface area contributed by atoms with Gasteiger partial charge in [0.1, 0.15) is 0 Å². The molecule has 0 amide bonds. The molecule has 0 aliphatic rings. The molecule has 0 radical (unpaired) electrons. The van der Waals surface area contributed by atoms with Crippen molar-refractivity contribution in [3.05, 3.63) is 33.5 Å². The normalized spacial score (nSPS) is 10.7. The molecule has 1 heterocycles. The molecule has 1 aromatic heterocycles. The fourth-order valence-electron chi connectivity index (χ4n) is 1.24. The van der Waals surface area contributed by atoms with E-state index in [1.54, 1.807) is 0 Å². The highest BCUT2D eigenvalue weighted by Crippen LogP contribution is 2.17. The second-order valence-electron chi connectivity index (χ2n) is 2.68. The molecular weight excluding hydrogens is 249 g/mol. The van der Waals surface area contributed by atoms with E-state index in [-0.39, 0.29) is 0 Å². The van der Waals surface area contributed by atoms with E-state index in [1.807, 2.05) is 0 Å². The number of fused-ring (bicyclic) bond motifs is 1. The minimum Gasteiger partial charge on any atom is -0.359 e. The Labute approximate surface area is 78.9 Å². The second kappa shape index (κ2) is 2.52. The smallest absolute Gasteiger partial charge is 0.0466 e. The Morgan fingerprint density at radius 3 is 2.91 bits per heavy atom. The molecule has 2 aromatic rings. The van der Waals surface area contributed by atoms with E-state index in [0.717, 1.165) is 0 Å². The van der Waals surface area contributed by atoms with Gasteiger partial charge in [-0.25, -0.2) is 0 Å². The number of H-pyrrole nitrogens is 1. The van der Waals surface area contributed by atoms with Crippen LogP contribution in [0.5, 0.6) is 0 Å². The van der Waals surface area contributed by atoms with Crippen molar-refractivity contribution in [1.82, 2.24) is 4.98 Å². The minimum absolute atomic E-state index is 1.22. The van der Waals surface area contributed by atoms with Crippen molar-refractivity contribution in [2.75, 3.05) is 0 Å². The molecule has 0 fully saturated rings. The van der Waals surface area contributed by atoms with Crippen LogP contribution in [0, 0.1) is 10.5 Å². The van der Waals surface area contributed by atoms with Crippen LogP contribution in [0.15, 0.2) is 24.3 Å². The molecule has 11 heavy (non-hydrogen) atoms. The van der Waals surface area contributed by atoms with Gasteiger partial charge >= 0.3 is 0 Å². The van der Waals surface area contributed by atoms with Crippen LogP contribution in [0.25, 0.3) is 10.9 Å². The number of benzene rings is 1. The van der Waals surface area contributed by atoms with Crippen LogP contribution in [0.3, 0.4) is 0 Å².